The van der Waals surface area contributed by atoms with Gasteiger partial charge in [-0.05, 0) is 91.6 Å². The zero-order valence-corrected chi connectivity index (χ0v) is 42.4. The number of rotatable bonds is 19. The number of hydrogen-bond donors (Lipinski definition) is 2. The Labute approximate surface area is 407 Å². The highest BCUT2D eigenvalue weighted by molar-refractivity contribution is 5.96. The first-order chi connectivity index (χ1) is 33.0. The number of aryl methyl sites for hydroxylation is 1. The van der Waals surface area contributed by atoms with Crippen LogP contribution < -0.4 is 10.7 Å². The van der Waals surface area contributed by atoms with E-state index in [4.69, 9.17) is 14.5 Å². The van der Waals surface area contributed by atoms with E-state index in [0.717, 1.165) is 67.8 Å². The summed E-state index contributed by atoms with van der Waals surface area (Å²) in [7, 11) is 3.10. The number of nitrogens with zero attached hydrogens (tertiary/aromatic N) is 5. The maximum Gasteiger partial charge on any atom is 0.293 e. The van der Waals surface area contributed by atoms with E-state index < -0.39 is 40.9 Å². The van der Waals surface area contributed by atoms with E-state index in [1.807, 2.05) is 51.1 Å². The van der Waals surface area contributed by atoms with E-state index in [1.54, 1.807) is 32.2 Å². The molecule has 0 aliphatic carbocycles. The summed E-state index contributed by atoms with van der Waals surface area (Å²) in [6.07, 6.45) is 4.72. The highest BCUT2D eigenvalue weighted by atomic mass is 19.1. The summed E-state index contributed by atoms with van der Waals surface area (Å²) in [6, 6.07) is 16.2. The van der Waals surface area contributed by atoms with Crippen molar-refractivity contribution in [1.82, 2.24) is 35.1 Å². The topological polar surface area (TPSA) is 155 Å². The number of pyridine rings is 1. The molecule has 15 heteroatoms. The van der Waals surface area contributed by atoms with Gasteiger partial charge >= 0.3 is 0 Å². The Hall–Kier alpha value is -5.93. The summed E-state index contributed by atoms with van der Waals surface area (Å²) in [4.78, 5) is 73.5. The molecule has 14 nitrogen and oxygen atoms in total. The van der Waals surface area contributed by atoms with Crippen LogP contribution in [-0.2, 0) is 52.8 Å². The van der Waals surface area contributed by atoms with Crippen molar-refractivity contribution < 1.29 is 37.8 Å². The Balaban J connectivity index is 0.00000438. The minimum atomic E-state index is -2.26. The van der Waals surface area contributed by atoms with E-state index in [0.29, 0.717) is 32.5 Å². The van der Waals surface area contributed by atoms with Crippen molar-refractivity contribution in [2.75, 3.05) is 46.9 Å². The number of ether oxygens (including phenoxy) is 2. The molecule has 2 saturated heterocycles. The number of aromatic nitrogens is 2. The van der Waals surface area contributed by atoms with Gasteiger partial charge in [0, 0.05) is 94.2 Å². The molecular weight excluding hydrogens is 878 g/mol. The largest absolute Gasteiger partial charge is 0.467 e. The highest BCUT2D eigenvalue weighted by Gasteiger charge is 2.47. The molecule has 2 aromatic heterocycles. The predicted molar refractivity (Wildman–Crippen MR) is 268 cm³/mol. The minimum absolute atomic E-state index is 0.0516. The number of fused-ring (bicyclic) bond motifs is 1. The van der Waals surface area contributed by atoms with E-state index in [1.165, 1.54) is 18.0 Å². The van der Waals surface area contributed by atoms with Crippen molar-refractivity contribution in [3.05, 3.63) is 90.3 Å². The number of likely N-dealkylation sites (tertiary alicyclic amines) is 1. The van der Waals surface area contributed by atoms with Crippen molar-refractivity contribution in [2.24, 2.45) is 11.3 Å². The molecule has 69 heavy (non-hydrogen) atoms. The maximum absolute atomic E-state index is 16.4. The molecular formula is C54H74FN7O7. The van der Waals surface area contributed by atoms with Gasteiger partial charge in [0.2, 0.25) is 11.8 Å². The van der Waals surface area contributed by atoms with Gasteiger partial charge in [0.05, 0.1) is 24.1 Å². The van der Waals surface area contributed by atoms with Crippen LogP contribution >= 0.6 is 0 Å². The second-order valence-electron chi connectivity index (χ2n) is 19.0. The number of piperidine rings is 1. The van der Waals surface area contributed by atoms with Crippen LogP contribution in [0.3, 0.4) is 0 Å². The molecule has 4 amide bonds. The average Bonchev–Trinajstić information content (AvgIpc) is 3.66. The van der Waals surface area contributed by atoms with Crippen molar-refractivity contribution in [2.45, 2.75) is 124 Å². The Morgan fingerprint density at radius 1 is 1.01 bits per heavy atom. The van der Waals surface area contributed by atoms with E-state index in [2.05, 4.69) is 66.9 Å². The molecule has 4 aromatic rings. The summed E-state index contributed by atoms with van der Waals surface area (Å²) in [5.74, 6) is -2.45. The Kier molecular flexibility index (Phi) is 18.8. The second-order valence-corrected chi connectivity index (χ2v) is 19.0. The first-order valence-corrected chi connectivity index (χ1v) is 24.5. The fourth-order valence-corrected chi connectivity index (χ4v) is 9.69. The Morgan fingerprint density at radius 3 is 2.35 bits per heavy atom. The van der Waals surface area contributed by atoms with Crippen molar-refractivity contribution in [1.29, 1.82) is 0 Å². The van der Waals surface area contributed by atoms with Crippen LogP contribution in [0.15, 0.2) is 73.4 Å². The number of benzene rings is 2. The van der Waals surface area contributed by atoms with Crippen molar-refractivity contribution >= 4 is 41.0 Å². The molecule has 3 unspecified atom stereocenters. The molecule has 0 spiro atoms. The number of methoxy groups -OCH3 is 1. The molecule has 374 valence electrons. The van der Waals surface area contributed by atoms with Crippen molar-refractivity contribution in [3.63, 3.8) is 0 Å². The van der Waals surface area contributed by atoms with Crippen LogP contribution in [0.2, 0.25) is 0 Å². The van der Waals surface area contributed by atoms with Gasteiger partial charge in [0.15, 0.2) is 5.67 Å². The normalized spacial score (nSPS) is 16.2. The number of amides is 4. The molecule has 2 aliphatic heterocycles. The lowest BCUT2D eigenvalue weighted by molar-refractivity contribution is -0.154. The average molecular weight is 952 g/mol. The van der Waals surface area contributed by atoms with E-state index in [9.17, 15) is 24.0 Å². The Bertz CT molecular complexity index is 2440. The lowest BCUT2D eigenvalue weighted by atomic mass is 9.84. The van der Waals surface area contributed by atoms with Crippen LogP contribution in [0.25, 0.3) is 33.3 Å². The molecule has 2 aliphatic rings. The summed E-state index contributed by atoms with van der Waals surface area (Å²) < 4.78 is 29.8. The molecule has 0 bridgehead atoms. The van der Waals surface area contributed by atoms with Gasteiger partial charge in [-0.15, -0.1) is 0 Å². The van der Waals surface area contributed by atoms with Gasteiger partial charge in [0.25, 0.3) is 18.3 Å². The fraction of sp³-hybridized carbons (Fsp3) is 0.519. The third-order valence-corrected chi connectivity index (χ3v) is 13.3. The summed E-state index contributed by atoms with van der Waals surface area (Å²) >= 11 is 0. The molecule has 4 heterocycles. The summed E-state index contributed by atoms with van der Waals surface area (Å²) in [5, 5.41) is 5.60. The number of alkyl halides is 1. The smallest absolute Gasteiger partial charge is 0.293 e. The number of carbonyl (C=O) groups is 5. The zero-order chi connectivity index (χ0) is 50.6. The Morgan fingerprint density at radius 2 is 1.72 bits per heavy atom. The van der Waals surface area contributed by atoms with E-state index >= 15 is 4.39 Å². The summed E-state index contributed by atoms with van der Waals surface area (Å²) in [5.41, 5.74) is 8.08. The molecule has 2 N–H and O–H groups in total. The van der Waals surface area contributed by atoms with Crippen LogP contribution in [-0.4, -0.2) is 119 Å². The number of nitrogens with one attached hydrogen (secondary N) is 2. The number of carbonyl (C=O) groups excluding carboxylic acids is 5. The van der Waals surface area contributed by atoms with Gasteiger partial charge in [-0.3, -0.25) is 34.0 Å². The lowest BCUT2D eigenvalue weighted by Crippen LogP contribution is -2.61. The number of halogens is 1. The number of hydrazine groups is 1. The van der Waals surface area contributed by atoms with Crippen LogP contribution in [0, 0.1) is 11.3 Å². The van der Waals surface area contributed by atoms with Gasteiger partial charge in [-0.2, -0.15) is 0 Å². The van der Waals surface area contributed by atoms with Crippen molar-refractivity contribution in [3.8, 4) is 22.4 Å². The SMILES string of the molecule is C=CC(=O)N1CCC(F)(C(=O)N(C)C(C(=O)NC(Cc2cccc(-c3ccc4c(c3)c(CC(C)(C)COC=O)c(-c3cccnc3C(C)OC)n4CC)c2)C(=O)N2CCCCN2)C(C)C)CC1.CC. The highest BCUT2D eigenvalue weighted by Crippen LogP contribution is 2.42. The maximum atomic E-state index is 16.4. The fourth-order valence-electron chi connectivity index (χ4n) is 9.69. The molecule has 0 saturated carbocycles. The quantitative estimate of drug-likeness (QED) is 0.0703. The first-order valence-electron chi connectivity index (χ1n) is 24.5. The van der Waals surface area contributed by atoms with Gasteiger partial charge < -0.3 is 29.2 Å². The molecule has 0 radical (unpaired) electrons. The minimum Gasteiger partial charge on any atom is -0.467 e. The second kappa shape index (κ2) is 24.1. The van der Waals surface area contributed by atoms with Crippen LogP contribution in [0.5, 0.6) is 0 Å². The van der Waals surface area contributed by atoms with E-state index in [-0.39, 0.29) is 56.9 Å². The van der Waals surface area contributed by atoms with Crippen LogP contribution in [0.1, 0.15) is 104 Å². The molecule has 2 aromatic carbocycles. The van der Waals surface area contributed by atoms with Crippen LogP contribution in [0.4, 0.5) is 4.39 Å². The molecule has 6 rings (SSSR count). The third kappa shape index (κ3) is 12.5. The van der Waals surface area contributed by atoms with Gasteiger partial charge in [0.1, 0.15) is 12.1 Å². The number of hydrogen-bond acceptors (Lipinski definition) is 9. The monoisotopic (exact) mass is 952 g/mol. The predicted octanol–water partition coefficient (Wildman–Crippen LogP) is 8.02. The number of likely N-dealkylation sites (N-methyl/N-ethyl adjacent to an activating group) is 1. The molecule has 3 atom stereocenters. The van der Waals surface area contributed by atoms with Gasteiger partial charge in [-0.25, -0.2) is 9.82 Å². The zero-order valence-electron chi connectivity index (χ0n) is 42.4. The molecule has 2 fully saturated rings. The lowest BCUT2D eigenvalue weighted by Gasteiger charge is -2.40. The third-order valence-electron chi connectivity index (χ3n) is 13.3. The van der Waals surface area contributed by atoms with Gasteiger partial charge in [-0.1, -0.05) is 78.5 Å². The first kappa shape index (κ1) is 54.0. The summed E-state index contributed by atoms with van der Waals surface area (Å²) in [6.45, 7) is 21.9. The standard InChI is InChI=1S/C52H68FN7O7.C2H6/c1-10-44(62)58-26-21-52(53,22-27-58)50(65)57(8)46(34(3)4)48(63)56-42(49(64)60-25-13-12-24-55-60)29-36-16-14-17-37(28-36)38-19-20-43-40(30-38)41(31-51(6,7)32-67-33-61)47(59(43)11-2)39-18-15-23-54-45(39)35(5)66-9;1-2/h10,14-20,23,28,30,33-35,42,46,55H,1,11-13,21-22,24-27,29,31-32H2,2-9H3,(H,56,63);1-2H3.